The summed E-state index contributed by atoms with van der Waals surface area (Å²) >= 11 is 0. The number of methoxy groups -OCH3 is 1. The van der Waals surface area contributed by atoms with Gasteiger partial charge in [-0.15, -0.1) is 0 Å². The standard InChI is InChI=1S/C21H26O3/c1-14-15(2)20-18(11-12-21(4,22-5)24-20)16(3)19(14)23-13-17-9-7-6-8-10-17/h6-10H,11-13H2,1-5H3/t21-/m1/s1. The minimum absolute atomic E-state index is 0.539. The molecule has 2 aromatic carbocycles. The lowest BCUT2D eigenvalue weighted by atomic mass is 9.91. The molecule has 0 saturated carbocycles. The molecule has 128 valence electrons. The quantitative estimate of drug-likeness (QED) is 0.801. The van der Waals surface area contributed by atoms with Crippen LogP contribution >= 0.6 is 0 Å². The number of benzene rings is 2. The van der Waals surface area contributed by atoms with Crippen molar-refractivity contribution in [3.8, 4) is 11.5 Å². The summed E-state index contributed by atoms with van der Waals surface area (Å²) in [6.07, 6.45) is 1.78. The van der Waals surface area contributed by atoms with Gasteiger partial charge in [-0.25, -0.2) is 0 Å². The van der Waals surface area contributed by atoms with Crippen molar-refractivity contribution in [2.45, 2.75) is 52.9 Å². The fraction of sp³-hybridized carbons (Fsp3) is 0.429. The third-order valence-electron chi connectivity index (χ3n) is 5.12. The molecule has 3 heteroatoms. The Kier molecular flexibility index (Phi) is 4.55. The first-order valence-corrected chi connectivity index (χ1v) is 8.48. The molecule has 0 bridgehead atoms. The smallest absolute Gasteiger partial charge is 0.207 e. The summed E-state index contributed by atoms with van der Waals surface area (Å²) < 4.78 is 17.9. The molecular weight excluding hydrogens is 300 g/mol. The first kappa shape index (κ1) is 16.8. The monoisotopic (exact) mass is 326 g/mol. The van der Waals surface area contributed by atoms with E-state index in [4.69, 9.17) is 14.2 Å². The maximum absolute atomic E-state index is 6.20. The first-order chi connectivity index (χ1) is 11.4. The van der Waals surface area contributed by atoms with E-state index >= 15 is 0 Å². The Bertz CT molecular complexity index is 737. The molecule has 0 unspecified atom stereocenters. The van der Waals surface area contributed by atoms with Crippen molar-refractivity contribution >= 4 is 0 Å². The molecule has 1 aliphatic rings. The van der Waals surface area contributed by atoms with E-state index in [2.05, 4.69) is 32.9 Å². The van der Waals surface area contributed by atoms with Crippen LogP contribution in [0.15, 0.2) is 30.3 Å². The average molecular weight is 326 g/mol. The topological polar surface area (TPSA) is 27.7 Å². The minimum Gasteiger partial charge on any atom is -0.488 e. The number of fused-ring (bicyclic) bond motifs is 1. The second kappa shape index (κ2) is 6.48. The van der Waals surface area contributed by atoms with Gasteiger partial charge >= 0.3 is 0 Å². The van der Waals surface area contributed by atoms with Gasteiger partial charge in [0.1, 0.15) is 18.1 Å². The predicted octanol–water partition coefficient (Wildman–Crippen LogP) is 4.88. The fourth-order valence-corrected chi connectivity index (χ4v) is 3.30. The molecule has 1 heterocycles. The number of hydrogen-bond acceptors (Lipinski definition) is 3. The Morgan fingerprint density at radius 1 is 1.04 bits per heavy atom. The van der Waals surface area contributed by atoms with Gasteiger partial charge in [-0.2, -0.15) is 0 Å². The van der Waals surface area contributed by atoms with Crippen molar-refractivity contribution in [3.05, 3.63) is 58.1 Å². The van der Waals surface area contributed by atoms with E-state index in [0.29, 0.717) is 6.61 Å². The van der Waals surface area contributed by atoms with Crippen molar-refractivity contribution in [1.82, 2.24) is 0 Å². The van der Waals surface area contributed by atoms with Crippen LogP contribution in [0.1, 0.15) is 41.2 Å². The van der Waals surface area contributed by atoms with Gasteiger partial charge in [0.25, 0.3) is 0 Å². The zero-order valence-corrected chi connectivity index (χ0v) is 15.2. The zero-order valence-electron chi connectivity index (χ0n) is 15.2. The molecule has 0 saturated heterocycles. The Hall–Kier alpha value is -2.00. The molecule has 0 spiro atoms. The summed E-state index contributed by atoms with van der Waals surface area (Å²) in [5.74, 6) is 1.41. The van der Waals surface area contributed by atoms with Crippen LogP contribution in [0.5, 0.6) is 11.5 Å². The maximum atomic E-state index is 6.20. The Morgan fingerprint density at radius 3 is 2.42 bits per heavy atom. The molecule has 24 heavy (non-hydrogen) atoms. The van der Waals surface area contributed by atoms with Crippen LogP contribution in [-0.4, -0.2) is 12.9 Å². The van der Waals surface area contributed by atoms with Crippen LogP contribution in [0.2, 0.25) is 0 Å². The molecule has 0 fully saturated rings. The molecule has 0 N–H and O–H groups in total. The van der Waals surface area contributed by atoms with Crippen molar-refractivity contribution in [2.75, 3.05) is 7.11 Å². The van der Waals surface area contributed by atoms with Gasteiger partial charge in [0.2, 0.25) is 5.79 Å². The normalized spacial score (nSPS) is 19.5. The Balaban J connectivity index is 1.94. The highest BCUT2D eigenvalue weighted by molar-refractivity contribution is 5.58. The molecule has 0 aromatic heterocycles. The predicted molar refractivity (Wildman–Crippen MR) is 95.8 cm³/mol. The van der Waals surface area contributed by atoms with E-state index in [0.717, 1.165) is 35.5 Å². The number of hydrogen-bond donors (Lipinski definition) is 0. The molecule has 1 aliphatic heterocycles. The lowest BCUT2D eigenvalue weighted by molar-refractivity contribution is -0.160. The Labute approximate surface area is 144 Å². The first-order valence-electron chi connectivity index (χ1n) is 8.48. The number of ether oxygens (including phenoxy) is 3. The summed E-state index contributed by atoms with van der Waals surface area (Å²) in [6.45, 7) is 8.91. The van der Waals surface area contributed by atoms with E-state index in [1.54, 1.807) is 7.11 Å². The second-order valence-electron chi connectivity index (χ2n) is 6.73. The lowest BCUT2D eigenvalue weighted by Gasteiger charge is -2.36. The van der Waals surface area contributed by atoms with E-state index in [1.165, 1.54) is 16.7 Å². The van der Waals surface area contributed by atoms with Crippen LogP contribution in [0.25, 0.3) is 0 Å². The van der Waals surface area contributed by atoms with E-state index in [9.17, 15) is 0 Å². The van der Waals surface area contributed by atoms with Gasteiger partial charge in [-0.1, -0.05) is 30.3 Å². The summed E-state index contributed by atoms with van der Waals surface area (Å²) in [7, 11) is 1.71. The van der Waals surface area contributed by atoms with E-state index < -0.39 is 5.79 Å². The lowest BCUT2D eigenvalue weighted by Crippen LogP contribution is -2.38. The van der Waals surface area contributed by atoms with Crippen LogP contribution in [-0.2, 0) is 17.8 Å². The molecule has 2 aromatic rings. The largest absolute Gasteiger partial charge is 0.488 e. The molecule has 0 aliphatic carbocycles. The van der Waals surface area contributed by atoms with Gasteiger partial charge in [-0.05, 0) is 49.4 Å². The summed E-state index contributed by atoms with van der Waals surface area (Å²) in [5, 5.41) is 0. The zero-order chi connectivity index (χ0) is 17.3. The molecule has 3 rings (SSSR count). The molecule has 3 nitrogen and oxygen atoms in total. The third-order valence-corrected chi connectivity index (χ3v) is 5.12. The van der Waals surface area contributed by atoms with Crippen molar-refractivity contribution in [3.63, 3.8) is 0 Å². The highest BCUT2D eigenvalue weighted by atomic mass is 16.7. The Morgan fingerprint density at radius 2 is 1.75 bits per heavy atom. The van der Waals surface area contributed by atoms with E-state index in [-0.39, 0.29) is 0 Å². The average Bonchev–Trinajstić information content (AvgIpc) is 2.60. The molecular formula is C21H26O3. The van der Waals surface area contributed by atoms with Gasteiger partial charge in [-0.3, -0.25) is 0 Å². The summed E-state index contributed by atoms with van der Waals surface area (Å²) in [6, 6.07) is 10.3. The van der Waals surface area contributed by atoms with Crippen LogP contribution in [0.4, 0.5) is 0 Å². The molecule has 0 radical (unpaired) electrons. The van der Waals surface area contributed by atoms with Crippen LogP contribution < -0.4 is 9.47 Å². The van der Waals surface area contributed by atoms with Gasteiger partial charge in [0.05, 0.1) is 0 Å². The second-order valence-corrected chi connectivity index (χ2v) is 6.73. The third kappa shape index (κ3) is 3.01. The summed E-state index contributed by atoms with van der Waals surface area (Å²) in [5.41, 5.74) is 5.89. The van der Waals surface area contributed by atoms with Gasteiger partial charge in [0, 0.05) is 26.0 Å². The SMILES string of the molecule is CO[C@@]1(C)CCc2c(C)c(OCc3ccccc3)c(C)c(C)c2O1. The van der Waals surface area contributed by atoms with Crippen molar-refractivity contribution in [2.24, 2.45) is 0 Å². The maximum Gasteiger partial charge on any atom is 0.207 e. The van der Waals surface area contributed by atoms with Crippen LogP contribution in [0.3, 0.4) is 0 Å². The number of rotatable bonds is 4. The van der Waals surface area contributed by atoms with Crippen molar-refractivity contribution in [1.29, 1.82) is 0 Å². The minimum atomic E-state index is -0.539. The summed E-state index contributed by atoms with van der Waals surface area (Å²) in [4.78, 5) is 0. The molecule has 0 amide bonds. The molecule has 1 atom stereocenters. The highest BCUT2D eigenvalue weighted by Crippen LogP contribution is 2.44. The van der Waals surface area contributed by atoms with Gasteiger partial charge in [0.15, 0.2) is 0 Å². The fourth-order valence-electron chi connectivity index (χ4n) is 3.30. The van der Waals surface area contributed by atoms with E-state index in [1.807, 2.05) is 25.1 Å². The van der Waals surface area contributed by atoms with Crippen molar-refractivity contribution < 1.29 is 14.2 Å². The van der Waals surface area contributed by atoms with Crippen LogP contribution in [0, 0.1) is 20.8 Å². The van der Waals surface area contributed by atoms with Gasteiger partial charge < -0.3 is 14.2 Å². The highest BCUT2D eigenvalue weighted by Gasteiger charge is 2.34.